The molecule has 0 fully saturated rings. The number of amidine groups is 1. The highest BCUT2D eigenvalue weighted by atomic mass is 16.5. The second-order valence-electron chi connectivity index (χ2n) is 4.75. The maximum Gasteiger partial charge on any atom is 0.155 e. The number of nitrogens with zero attached hydrogens (tertiary/aromatic N) is 2. The number of ether oxygens (including phenoxy) is 2. The van der Waals surface area contributed by atoms with Crippen molar-refractivity contribution >= 4 is 11.6 Å². The highest BCUT2D eigenvalue weighted by molar-refractivity contribution is 5.80. The van der Waals surface area contributed by atoms with E-state index in [1.165, 1.54) is 6.92 Å². The molecule has 1 rings (SSSR count). The van der Waals surface area contributed by atoms with Crippen LogP contribution in [0.3, 0.4) is 0 Å². The summed E-state index contributed by atoms with van der Waals surface area (Å²) in [4.78, 5) is 16.7. The van der Waals surface area contributed by atoms with Crippen LogP contribution >= 0.6 is 0 Å². The van der Waals surface area contributed by atoms with E-state index in [2.05, 4.69) is 4.98 Å². The maximum atomic E-state index is 10.7. The lowest BCUT2D eigenvalue weighted by Crippen LogP contribution is -2.32. The van der Waals surface area contributed by atoms with E-state index in [1.807, 2.05) is 30.1 Å². The van der Waals surface area contributed by atoms with Gasteiger partial charge in [0.1, 0.15) is 19.0 Å². The summed E-state index contributed by atoms with van der Waals surface area (Å²) in [5, 5.41) is 7.89. The molecular formula is C15H23N3O3. The fourth-order valence-corrected chi connectivity index (χ4v) is 1.58. The zero-order chi connectivity index (χ0) is 15.5. The molecule has 1 aromatic heterocycles. The fraction of sp³-hybridized carbons (Fsp3) is 0.533. The van der Waals surface area contributed by atoms with Crippen molar-refractivity contribution in [2.75, 3.05) is 40.0 Å². The van der Waals surface area contributed by atoms with Crippen LogP contribution in [0.25, 0.3) is 0 Å². The first-order valence-corrected chi connectivity index (χ1v) is 6.93. The van der Waals surface area contributed by atoms with E-state index < -0.39 is 0 Å². The molecule has 0 amide bonds. The SMILES string of the molecule is CC(=O)COCCOCC(=N)N(C)CCc1ccccn1. The van der Waals surface area contributed by atoms with Crippen LogP contribution in [-0.4, -0.2) is 61.5 Å². The number of carbonyl (C=O) groups is 1. The quantitative estimate of drug-likeness (QED) is 0.398. The molecule has 0 radical (unpaired) electrons. The lowest BCUT2D eigenvalue weighted by molar-refractivity contribution is -0.121. The third-order valence-corrected chi connectivity index (χ3v) is 2.81. The van der Waals surface area contributed by atoms with Gasteiger partial charge in [0.25, 0.3) is 0 Å². The van der Waals surface area contributed by atoms with Crippen molar-refractivity contribution in [3.8, 4) is 0 Å². The zero-order valence-corrected chi connectivity index (χ0v) is 12.7. The van der Waals surface area contributed by atoms with Crippen LogP contribution < -0.4 is 0 Å². The molecule has 0 saturated carbocycles. The van der Waals surface area contributed by atoms with Crippen molar-refractivity contribution in [3.05, 3.63) is 30.1 Å². The van der Waals surface area contributed by atoms with Crippen molar-refractivity contribution < 1.29 is 14.3 Å². The monoisotopic (exact) mass is 293 g/mol. The number of carbonyl (C=O) groups excluding carboxylic acids is 1. The Morgan fingerprint density at radius 1 is 1.29 bits per heavy atom. The highest BCUT2D eigenvalue weighted by Gasteiger charge is 2.05. The van der Waals surface area contributed by atoms with Crippen molar-refractivity contribution in [2.24, 2.45) is 0 Å². The Hall–Kier alpha value is -1.79. The first-order valence-electron chi connectivity index (χ1n) is 6.93. The van der Waals surface area contributed by atoms with Crippen LogP contribution in [0.4, 0.5) is 0 Å². The van der Waals surface area contributed by atoms with Gasteiger partial charge in [-0.25, -0.2) is 0 Å². The van der Waals surface area contributed by atoms with Crippen molar-refractivity contribution in [1.29, 1.82) is 5.41 Å². The van der Waals surface area contributed by atoms with Crippen LogP contribution in [0, 0.1) is 5.41 Å². The molecule has 21 heavy (non-hydrogen) atoms. The molecule has 0 aliphatic rings. The zero-order valence-electron chi connectivity index (χ0n) is 12.7. The maximum absolute atomic E-state index is 10.7. The summed E-state index contributed by atoms with van der Waals surface area (Å²) in [6, 6.07) is 5.81. The number of Topliss-reactive ketones (excluding diaryl/α,β-unsaturated/α-hetero) is 1. The summed E-state index contributed by atoms with van der Waals surface area (Å²) in [6.07, 6.45) is 2.56. The second kappa shape index (κ2) is 10.0. The molecule has 0 atom stereocenters. The average Bonchev–Trinajstić information content (AvgIpc) is 2.48. The molecular weight excluding hydrogens is 270 g/mol. The largest absolute Gasteiger partial charge is 0.371 e. The number of ketones is 1. The van der Waals surface area contributed by atoms with Gasteiger partial charge in [-0.2, -0.15) is 0 Å². The van der Waals surface area contributed by atoms with E-state index in [9.17, 15) is 4.79 Å². The summed E-state index contributed by atoms with van der Waals surface area (Å²) in [7, 11) is 1.86. The Labute approximate surface area is 125 Å². The normalized spacial score (nSPS) is 10.4. The van der Waals surface area contributed by atoms with Gasteiger partial charge in [0.05, 0.1) is 13.2 Å². The predicted molar refractivity (Wildman–Crippen MR) is 80.6 cm³/mol. The number of rotatable bonds is 10. The van der Waals surface area contributed by atoms with Crippen LogP contribution in [0.15, 0.2) is 24.4 Å². The first kappa shape index (κ1) is 17.3. The molecule has 1 heterocycles. The Balaban J connectivity index is 2.09. The summed E-state index contributed by atoms with van der Waals surface area (Å²) in [6.45, 7) is 3.30. The van der Waals surface area contributed by atoms with Crippen molar-refractivity contribution in [1.82, 2.24) is 9.88 Å². The number of hydrogen-bond acceptors (Lipinski definition) is 5. The van der Waals surface area contributed by atoms with Gasteiger partial charge in [0.15, 0.2) is 5.78 Å². The molecule has 0 bridgehead atoms. The predicted octanol–water partition coefficient (Wildman–Crippen LogP) is 1.16. The number of aromatic nitrogens is 1. The van der Waals surface area contributed by atoms with E-state index in [4.69, 9.17) is 14.9 Å². The first-order chi connectivity index (χ1) is 10.1. The number of nitrogens with one attached hydrogen (secondary N) is 1. The lowest BCUT2D eigenvalue weighted by Gasteiger charge is -2.19. The molecule has 0 aliphatic carbocycles. The van der Waals surface area contributed by atoms with Crippen LogP contribution in [0.2, 0.25) is 0 Å². The Kier molecular flexibility index (Phi) is 8.23. The number of likely N-dealkylation sites (N-methyl/N-ethyl adjacent to an activating group) is 1. The summed E-state index contributed by atoms with van der Waals surface area (Å²) in [5.74, 6) is 0.412. The molecule has 0 aromatic carbocycles. The smallest absolute Gasteiger partial charge is 0.155 e. The van der Waals surface area contributed by atoms with Gasteiger partial charge in [-0.1, -0.05) is 6.07 Å². The molecule has 1 aromatic rings. The average molecular weight is 293 g/mol. The van der Waals surface area contributed by atoms with Gasteiger partial charge in [0.2, 0.25) is 0 Å². The van der Waals surface area contributed by atoms with E-state index in [0.717, 1.165) is 18.7 Å². The van der Waals surface area contributed by atoms with Gasteiger partial charge >= 0.3 is 0 Å². The van der Waals surface area contributed by atoms with Crippen molar-refractivity contribution in [3.63, 3.8) is 0 Å². The van der Waals surface area contributed by atoms with E-state index in [-0.39, 0.29) is 19.0 Å². The summed E-state index contributed by atoms with van der Waals surface area (Å²) < 4.78 is 10.4. The highest BCUT2D eigenvalue weighted by Crippen LogP contribution is 1.97. The minimum atomic E-state index is -0.00278. The van der Waals surface area contributed by atoms with E-state index in [1.54, 1.807) is 6.20 Å². The molecule has 6 nitrogen and oxygen atoms in total. The van der Waals surface area contributed by atoms with Gasteiger partial charge in [0, 0.05) is 31.9 Å². The van der Waals surface area contributed by atoms with Gasteiger partial charge in [-0.15, -0.1) is 0 Å². The Bertz CT molecular complexity index is 437. The lowest BCUT2D eigenvalue weighted by atomic mass is 10.2. The Morgan fingerprint density at radius 2 is 2.00 bits per heavy atom. The van der Waals surface area contributed by atoms with Crippen LogP contribution in [-0.2, 0) is 20.7 Å². The summed E-state index contributed by atoms with van der Waals surface area (Å²) in [5.41, 5.74) is 1.01. The Morgan fingerprint density at radius 3 is 2.62 bits per heavy atom. The van der Waals surface area contributed by atoms with Crippen molar-refractivity contribution in [2.45, 2.75) is 13.3 Å². The third-order valence-electron chi connectivity index (χ3n) is 2.81. The van der Waals surface area contributed by atoms with E-state index >= 15 is 0 Å². The molecule has 0 unspecified atom stereocenters. The minimum Gasteiger partial charge on any atom is -0.371 e. The van der Waals surface area contributed by atoms with Gasteiger partial charge < -0.3 is 14.4 Å². The van der Waals surface area contributed by atoms with Crippen LogP contribution in [0.5, 0.6) is 0 Å². The summed E-state index contributed by atoms with van der Waals surface area (Å²) >= 11 is 0. The number of pyridine rings is 1. The van der Waals surface area contributed by atoms with Gasteiger partial charge in [-0.3, -0.25) is 15.2 Å². The third kappa shape index (κ3) is 8.16. The minimum absolute atomic E-state index is 0.00278. The molecule has 6 heteroatoms. The topological polar surface area (TPSA) is 75.5 Å². The number of hydrogen-bond donors (Lipinski definition) is 1. The fourth-order valence-electron chi connectivity index (χ4n) is 1.58. The standard InChI is InChI=1S/C15H23N3O3/c1-13(19)11-20-9-10-21-12-15(16)18(2)8-6-14-5-3-4-7-17-14/h3-5,7,16H,6,8-12H2,1-2H3. The van der Waals surface area contributed by atoms with Crippen LogP contribution in [0.1, 0.15) is 12.6 Å². The van der Waals surface area contributed by atoms with Gasteiger partial charge in [-0.05, 0) is 19.1 Å². The molecule has 1 N–H and O–H groups in total. The molecule has 0 saturated heterocycles. The second-order valence-corrected chi connectivity index (χ2v) is 4.75. The molecule has 0 spiro atoms. The molecule has 0 aliphatic heterocycles. The molecule has 116 valence electrons. The van der Waals surface area contributed by atoms with E-state index in [0.29, 0.717) is 19.0 Å².